The minimum atomic E-state index is -3.94. The average molecular weight is 484 g/mol. The third-order valence-corrected chi connectivity index (χ3v) is 8.23. The van der Waals surface area contributed by atoms with Crippen molar-refractivity contribution in [2.75, 3.05) is 37.0 Å². The number of carbonyl (C=O) groups is 2. The molecule has 4 rings (SSSR count). The van der Waals surface area contributed by atoms with Gasteiger partial charge in [0, 0.05) is 26.2 Å². The number of thiophene rings is 1. The Morgan fingerprint density at radius 3 is 2.12 bits per heavy atom. The van der Waals surface area contributed by atoms with Gasteiger partial charge in [-0.2, -0.15) is 0 Å². The molecule has 1 aliphatic heterocycles. The van der Waals surface area contributed by atoms with Crippen molar-refractivity contribution in [1.82, 2.24) is 9.80 Å². The maximum absolute atomic E-state index is 13.4. The van der Waals surface area contributed by atoms with Crippen LogP contribution < -0.4 is 4.31 Å². The van der Waals surface area contributed by atoms with Crippen molar-refractivity contribution in [3.63, 3.8) is 0 Å². The number of amides is 2. The van der Waals surface area contributed by atoms with Crippen LogP contribution in [0.15, 0.2) is 77.0 Å². The lowest BCUT2D eigenvalue weighted by molar-refractivity contribution is -0.131. The number of para-hydroxylation sites is 1. The van der Waals surface area contributed by atoms with Gasteiger partial charge in [-0.05, 0) is 42.6 Å². The molecule has 1 fully saturated rings. The van der Waals surface area contributed by atoms with Crippen LogP contribution in [0.3, 0.4) is 0 Å². The number of carbonyl (C=O) groups excluding carboxylic acids is 2. The average Bonchev–Trinajstić information content (AvgIpc) is 3.38. The molecule has 0 N–H and O–H groups in total. The number of aryl methyl sites for hydroxylation is 1. The third-order valence-electron chi connectivity index (χ3n) is 5.58. The molecule has 0 spiro atoms. The zero-order valence-corrected chi connectivity index (χ0v) is 19.9. The van der Waals surface area contributed by atoms with Crippen LogP contribution >= 0.6 is 11.3 Å². The van der Waals surface area contributed by atoms with Crippen molar-refractivity contribution in [3.05, 3.63) is 82.6 Å². The summed E-state index contributed by atoms with van der Waals surface area (Å²) < 4.78 is 28.0. The Balaban J connectivity index is 1.49. The molecule has 1 saturated heterocycles. The predicted molar refractivity (Wildman–Crippen MR) is 129 cm³/mol. The monoisotopic (exact) mass is 483 g/mol. The Bertz CT molecular complexity index is 1200. The second kappa shape index (κ2) is 9.76. The number of hydrogen-bond donors (Lipinski definition) is 0. The first-order valence-electron chi connectivity index (χ1n) is 10.6. The Kier molecular flexibility index (Phi) is 6.80. The number of benzene rings is 2. The lowest BCUT2D eigenvalue weighted by Crippen LogP contribution is -2.53. The minimum Gasteiger partial charge on any atom is -0.338 e. The van der Waals surface area contributed by atoms with E-state index in [4.69, 9.17) is 0 Å². The Hall–Kier alpha value is -3.17. The van der Waals surface area contributed by atoms with Gasteiger partial charge in [-0.15, -0.1) is 11.3 Å². The van der Waals surface area contributed by atoms with Gasteiger partial charge in [0.25, 0.3) is 15.9 Å². The molecule has 3 aromatic rings. The van der Waals surface area contributed by atoms with E-state index in [1.807, 2.05) is 18.4 Å². The van der Waals surface area contributed by atoms with E-state index in [2.05, 4.69) is 0 Å². The summed E-state index contributed by atoms with van der Waals surface area (Å²) >= 11 is 1.39. The molecule has 33 heavy (non-hydrogen) atoms. The second-order valence-corrected chi connectivity index (χ2v) is 10.6. The summed E-state index contributed by atoms with van der Waals surface area (Å²) in [6.07, 6.45) is 0. The van der Waals surface area contributed by atoms with Crippen LogP contribution in [0.25, 0.3) is 0 Å². The quantitative estimate of drug-likeness (QED) is 0.539. The van der Waals surface area contributed by atoms with Crippen molar-refractivity contribution < 1.29 is 18.0 Å². The van der Waals surface area contributed by atoms with E-state index in [1.54, 1.807) is 70.5 Å². The normalized spacial score (nSPS) is 14.2. The summed E-state index contributed by atoms with van der Waals surface area (Å²) in [6, 6.07) is 18.9. The van der Waals surface area contributed by atoms with E-state index in [9.17, 15) is 18.0 Å². The fourth-order valence-corrected chi connectivity index (χ4v) is 5.79. The lowest BCUT2D eigenvalue weighted by atomic mass is 10.2. The zero-order valence-electron chi connectivity index (χ0n) is 18.3. The van der Waals surface area contributed by atoms with E-state index in [0.717, 1.165) is 9.87 Å². The summed E-state index contributed by atoms with van der Waals surface area (Å²) in [5.41, 5.74) is 1.38. The highest BCUT2D eigenvalue weighted by Gasteiger charge is 2.31. The molecule has 0 atom stereocenters. The zero-order chi connectivity index (χ0) is 23.4. The highest BCUT2D eigenvalue weighted by Crippen LogP contribution is 2.24. The van der Waals surface area contributed by atoms with Crippen LogP contribution in [0.2, 0.25) is 0 Å². The van der Waals surface area contributed by atoms with Crippen molar-refractivity contribution in [2.45, 2.75) is 11.8 Å². The largest absolute Gasteiger partial charge is 0.338 e. The van der Waals surface area contributed by atoms with Gasteiger partial charge in [0.2, 0.25) is 5.91 Å². The molecule has 1 aromatic heterocycles. The third kappa shape index (κ3) is 5.09. The summed E-state index contributed by atoms with van der Waals surface area (Å²) in [7, 11) is -3.94. The minimum absolute atomic E-state index is 0.0371. The van der Waals surface area contributed by atoms with Crippen molar-refractivity contribution in [3.8, 4) is 0 Å². The number of anilines is 1. The van der Waals surface area contributed by atoms with Crippen LogP contribution in [0.5, 0.6) is 0 Å². The summed E-state index contributed by atoms with van der Waals surface area (Å²) in [6.45, 7) is 3.14. The topological polar surface area (TPSA) is 78.0 Å². The molecule has 172 valence electrons. The van der Waals surface area contributed by atoms with Crippen molar-refractivity contribution in [1.29, 1.82) is 0 Å². The molecular formula is C24H25N3O4S2. The summed E-state index contributed by atoms with van der Waals surface area (Å²) in [5, 5.41) is 1.86. The number of hydrogen-bond acceptors (Lipinski definition) is 5. The molecular weight excluding hydrogens is 458 g/mol. The van der Waals surface area contributed by atoms with Crippen LogP contribution in [-0.4, -0.2) is 62.8 Å². The summed E-state index contributed by atoms with van der Waals surface area (Å²) in [5.74, 6) is -0.331. The molecule has 2 amide bonds. The van der Waals surface area contributed by atoms with Gasteiger partial charge in [0.05, 0.1) is 15.5 Å². The number of rotatable bonds is 6. The van der Waals surface area contributed by atoms with Gasteiger partial charge in [0.1, 0.15) is 6.54 Å². The summed E-state index contributed by atoms with van der Waals surface area (Å²) in [4.78, 5) is 29.9. The van der Waals surface area contributed by atoms with Crippen LogP contribution in [-0.2, 0) is 14.8 Å². The molecule has 0 bridgehead atoms. The molecule has 7 nitrogen and oxygen atoms in total. The highest BCUT2D eigenvalue weighted by molar-refractivity contribution is 7.92. The molecule has 0 saturated carbocycles. The van der Waals surface area contributed by atoms with E-state index in [0.29, 0.717) is 36.7 Å². The van der Waals surface area contributed by atoms with E-state index in [-0.39, 0.29) is 23.3 Å². The fraction of sp³-hybridized carbons (Fsp3) is 0.250. The Labute approximate surface area is 197 Å². The van der Waals surface area contributed by atoms with Crippen LogP contribution in [0.4, 0.5) is 5.69 Å². The van der Waals surface area contributed by atoms with Gasteiger partial charge in [-0.1, -0.05) is 42.0 Å². The van der Waals surface area contributed by atoms with E-state index >= 15 is 0 Å². The van der Waals surface area contributed by atoms with Crippen LogP contribution in [0, 0.1) is 6.92 Å². The van der Waals surface area contributed by atoms with Gasteiger partial charge in [-0.25, -0.2) is 8.42 Å². The first kappa shape index (κ1) is 23.0. The molecule has 0 aliphatic carbocycles. The molecule has 1 aliphatic rings. The number of nitrogens with zero attached hydrogens (tertiary/aromatic N) is 3. The number of sulfonamides is 1. The SMILES string of the molecule is Cc1ccc(S(=O)(=O)N(CC(=O)N2CCN(C(=O)c3cccs3)CC2)c2ccccc2)cc1. The standard InChI is InChI=1S/C24H25N3O4S2/c1-19-9-11-21(12-10-19)33(30,31)27(20-6-3-2-4-7-20)18-23(28)25-13-15-26(16-14-25)24(29)22-8-5-17-32-22/h2-12,17H,13-16,18H2,1H3. The first-order valence-corrected chi connectivity index (χ1v) is 12.9. The molecule has 0 radical (unpaired) electrons. The van der Waals surface area contributed by atoms with Gasteiger partial charge in [-0.3, -0.25) is 13.9 Å². The maximum Gasteiger partial charge on any atom is 0.264 e. The van der Waals surface area contributed by atoms with Gasteiger partial charge >= 0.3 is 0 Å². The lowest BCUT2D eigenvalue weighted by Gasteiger charge is -2.35. The Morgan fingerprint density at radius 1 is 0.879 bits per heavy atom. The molecule has 2 aromatic carbocycles. The smallest absolute Gasteiger partial charge is 0.264 e. The fourth-order valence-electron chi connectivity index (χ4n) is 3.68. The van der Waals surface area contributed by atoms with E-state index in [1.165, 1.54) is 11.3 Å². The molecule has 0 unspecified atom stereocenters. The Morgan fingerprint density at radius 2 is 1.52 bits per heavy atom. The van der Waals surface area contributed by atoms with Gasteiger partial charge < -0.3 is 9.80 Å². The molecule has 2 heterocycles. The predicted octanol–water partition coefficient (Wildman–Crippen LogP) is 3.24. The number of piperazine rings is 1. The highest BCUT2D eigenvalue weighted by atomic mass is 32.2. The maximum atomic E-state index is 13.4. The van der Waals surface area contributed by atoms with E-state index < -0.39 is 10.0 Å². The van der Waals surface area contributed by atoms with Gasteiger partial charge in [0.15, 0.2) is 0 Å². The van der Waals surface area contributed by atoms with Crippen molar-refractivity contribution >= 4 is 38.9 Å². The van der Waals surface area contributed by atoms with Crippen molar-refractivity contribution in [2.24, 2.45) is 0 Å². The second-order valence-electron chi connectivity index (χ2n) is 7.81. The molecule has 9 heteroatoms. The first-order chi connectivity index (χ1) is 15.9. The van der Waals surface area contributed by atoms with Crippen LogP contribution in [0.1, 0.15) is 15.2 Å².